The van der Waals surface area contributed by atoms with Crippen LogP contribution in [0.4, 0.5) is 5.69 Å². The van der Waals surface area contributed by atoms with Gasteiger partial charge in [-0.05, 0) is 43.5 Å². The van der Waals surface area contributed by atoms with Crippen LogP contribution in [0.2, 0.25) is 0 Å². The highest BCUT2D eigenvalue weighted by molar-refractivity contribution is 6.08. The average molecular weight is 364 g/mol. The Balaban J connectivity index is 1.50. The summed E-state index contributed by atoms with van der Waals surface area (Å²) in [6, 6.07) is 15.6. The number of anilines is 1. The molecule has 0 aromatic heterocycles. The van der Waals surface area contributed by atoms with Gasteiger partial charge >= 0.3 is 0 Å². The van der Waals surface area contributed by atoms with E-state index in [4.69, 9.17) is 4.74 Å². The van der Waals surface area contributed by atoms with Gasteiger partial charge in [0.15, 0.2) is 6.61 Å². The third-order valence-corrected chi connectivity index (χ3v) is 5.72. The van der Waals surface area contributed by atoms with E-state index in [1.165, 1.54) is 0 Å². The molecule has 2 aromatic carbocycles. The first-order valence-corrected chi connectivity index (χ1v) is 9.36. The predicted molar refractivity (Wildman–Crippen MR) is 104 cm³/mol. The predicted octanol–water partition coefficient (Wildman–Crippen LogP) is 2.91. The maximum Gasteiger partial charge on any atom is 0.260 e. The number of para-hydroxylation sites is 1. The van der Waals surface area contributed by atoms with Crippen LogP contribution in [0.15, 0.2) is 48.5 Å². The quantitative estimate of drug-likeness (QED) is 0.841. The maximum atomic E-state index is 13.1. The van der Waals surface area contributed by atoms with Crippen molar-refractivity contribution in [2.24, 2.45) is 0 Å². The molecule has 4 rings (SSSR count). The Hall–Kier alpha value is -2.82. The summed E-state index contributed by atoms with van der Waals surface area (Å²) >= 11 is 0. The Morgan fingerprint density at radius 1 is 1.15 bits per heavy atom. The SMILES string of the molecule is Cc1ccc(OCC(=O)N2CCC[C@]3(C2)C(=O)N(C)c2ccccc23)cc1. The minimum atomic E-state index is -0.622. The first-order valence-electron chi connectivity index (χ1n) is 9.36. The molecule has 2 heterocycles. The maximum absolute atomic E-state index is 13.1. The number of ether oxygens (including phenoxy) is 1. The fourth-order valence-electron chi connectivity index (χ4n) is 4.25. The lowest BCUT2D eigenvalue weighted by Crippen LogP contribution is -2.53. The van der Waals surface area contributed by atoms with Crippen LogP contribution in [0.1, 0.15) is 24.0 Å². The van der Waals surface area contributed by atoms with Crippen molar-refractivity contribution in [2.75, 3.05) is 31.6 Å². The van der Waals surface area contributed by atoms with Crippen molar-refractivity contribution >= 4 is 17.5 Å². The molecule has 0 unspecified atom stereocenters. The van der Waals surface area contributed by atoms with Gasteiger partial charge in [-0.2, -0.15) is 0 Å². The van der Waals surface area contributed by atoms with E-state index in [0.717, 1.165) is 29.7 Å². The number of piperidine rings is 1. The Labute approximate surface area is 159 Å². The zero-order chi connectivity index (χ0) is 19.0. The molecule has 27 heavy (non-hydrogen) atoms. The second kappa shape index (κ2) is 6.72. The summed E-state index contributed by atoms with van der Waals surface area (Å²) in [4.78, 5) is 29.3. The highest BCUT2D eigenvalue weighted by Gasteiger charge is 2.52. The molecule has 5 nitrogen and oxygen atoms in total. The molecule has 1 saturated heterocycles. The normalized spacial score (nSPS) is 21.5. The van der Waals surface area contributed by atoms with Gasteiger partial charge in [0.05, 0.1) is 5.41 Å². The average Bonchev–Trinajstić information content (AvgIpc) is 2.90. The third kappa shape index (κ3) is 2.97. The first-order chi connectivity index (χ1) is 13.0. The smallest absolute Gasteiger partial charge is 0.260 e. The summed E-state index contributed by atoms with van der Waals surface area (Å²) in [5.41, 5.74) is 2.51. The molecule has 0 saturated carbocycles. The van der Waals surface area contributed by atoms with Gasteiger partial charge < -0.3 is 14.5 Å². The number of benzene rings is 2. The molecule has 5 heteroatoms. The molecule has 0 bridgehead atoms. The van der Waals surface area contributed by atoms with Crippen molar-refractivity contribution in [3.05, 3.63) is 59.7 Å². The lowest BCUT2D eigenvalue weighted by atomic mass is 9.75. The first kappa shape index (κ1) is 17.6. The molecule has 0 N–H and O–H groups in total. The fraction of sp³-hybridized carbons (Fsp3) is 0.364. The van der Waals surface area contributed by atoms with Crippen LogP contribution >= 0.6 is 0 Å². The van der Waals surface area contributed by atoms with Crippen molar-refractivity contribution in [3.8, 4) is 5.75 Å². The lowest BCUT2D eigenvalue weighted by molar-refractivity contribution is -0.137. The number of amides is 2. The molecule has 140 valence electrons. The van der Waals surface area contributed by atoms with Crippen LogP contribution in [0, 0.1) is 6.92 Å². The summed E-state index contributed by atoms with van der Waals surface area (Å²) in [7, 11) is 1.82. The Bertz CT molecular complexity index is 877. The summed E-state index contributed by atoms with van der Waals surface area (Å²) < 4.78 is 5.66. The minimum absolute atomic E-state index is 0.00911. The van der Waals surface area contributed by atoms with Gasteiger partial charge in [-0.3, -0.25) is 9.59 Å². The van der Waals surface area contributed by atoms with Crippen LogP contribution in [-0.4, -0.2) is 43.5 Å². The molecule has 1 fully saturated rings. The van der Waals surface area contributed by atoms with E-state index in [1.54, 1.807) is 9.80 Å². The van der Waals surface area contributed by atoms with Crippen LogP contribution in [0.5, 0.6) is 5.75 Å². The van der Waals surface area contributed by atoms with Gasteiger partial charge in [0.2, 0.25) is 5.91 Å². The van der Waals surface area contributed by atoms with Crippen molar-refractivity contribution in [3.63, 3.8) is 0 Å². The Kier molecular flexibility index (Phi) is 4.38. The van der Waals surface area contributed by atoms with Gasteiger partial charge in [-0.25, -0.2) is 0 Å². The van der Waals surface area contributed by atoms with Crippen LogP contribution in [-0.2, 0) is 15.0 Å². The molecule has 1 atom stereocenters. The van der Waals surface area contributed by atoms with E-state index in [2.05, 4.69) is 0 Å². The summed E-state index contributed by atoms with van der Waals surface area (Å²) in [6.45, 7) is 3.08. The number of fused-ring (bicyclic) bond motifs is 2. The van der Waals surface area contributed by atoms with Crippen molar-refractivity contribution in [2.45, 2.75) is 25.2 Å². The molecular weight excluding hydrogens is 340 g/mol. The summed E-state index contributed by atoms with van der Waals surface area (Å²) in [5.74, 6) is 0.692. The van der Waals surface area contributed by atoms with Gasteiger partial charge in [-0.1, -0.05) is 35.9 Å². The van der Waals surface area contributed by atoms with Gasteiger partial charge in [0.25, 0.3) is 5.91 Å². The number of likely N-dealkylation sites (tertiary alicyclic amines) is 1. The molecule has 0 aliphatic carbocycles. The standard InChI is InChI=1S/C22H24N2O3/c1-16-8-10-17(11-9-16)27-14-20(25)24-13-5-12-22(15-24)18-6-3-4-7-19(18)23(2)21(22)26/h3-4,6-11H,5,12-15H2,1-2H3/t22-/m1/s1. The van der Waals surface area contributed by atoms with E-state index in [1.807, 2.05) is 62.5 Å². The lowest BCUT2D eigenvalue weighted by Gasteiger charge is -2.39. The Morgan fingerprint density at radius 2 is 1.89 bits per heavy atom. The number of likely N-dealkylation sites (N-methyl/N-ethyl adjacent to an activating group) is 1. The molecule has 1 spiro atoms. The molecule has 2 aliphatic rings. The van der Waals surface area contributed by atoms with E-state index < -0.39 is 5.41 Å². The van der Waals surface area contributed by atoms with Crippen LogP contribution < -0.4 is 9.64 Å². The highest BCUT2D eigenvalue weighted by Crippen LogP contribution is 2.46. The summed E-state index contributed by atoms with van der Waals surface area (Å²) in [6.07, 6.45) is 1.58. The van der Waals surface area contributed by atoms with Gasteiger partial charge in [-0.15, -0.1) is 0 Å². The van der Waals surface area contributed by atoms with Crippen molar-refractivity contribution < 1.29 is 14.3 Å². The Morgan fingerprint density at radius 3 is 2.67 bits per heavy atom. The number of hydrogen-bond donors (Lipinski definition) is 0. The third-order valence-electron chi connectivity index (χ3n) is 5.72. The molecule has 2 aliphatic heterocycles. The second-order valence-corrected chi connectivity index (χ2v) is 7.48. The van der Waals surface area contributed by atoms with Crippen LogP contribution in [0.3, 0.4) is 0 Å². The number of aryl methyl sites for hydroxylation is 1. The van der Waals surface area contributed by atoms with E-state index in [0.29, 0.717) is 18.8 Å². The molecule has 2 amide bonds. The minimum Gasteiger partial charge on any atom is -0.484 e. The molecule has 0 radical (unpaired) electrons. The van der Waals surface area contributed by atoms with E-state index in [9.17, 15) is 9.59 Å². The molecular formula is C22H24N2O3. The number of carbonyl (C=O) groups is 2. The van der Waals surface area contributed by atoms with Crippen LogP contribution in [0.25, 0.3) is 0 Å². The van der Waals surface area contributed by atoms with Crippen molar-refractivity contribution in [1.82, 2.24) is 4.90 Å². The fourth-order valence-corrected chi connectivity index (χ4v) is 4.25. The number of rotatable bonds is 3. The zero-order valence-electron chi connectivity index (χ0n) is 15.8. The monoisotopic (exact) mass is 364 g/mol. The number of carbonyl (C=O) groups excluding carboxylic acids is 2. The van der Waals surface area contributed by atoms with E-state index >= 15 is 0 Å². The number of hydrogen-bond acceptors (Lipinski definition) is 3. The second-order valence-electron chi connectivity index (χ2n) is 7.48. The van der Waals surface area contributed by atoms with Gasteiger partial charge in [0, 0.05) is 25.8 Å². The summed E-state index contributed by atoms with van der Waals surface area (Å²) in [5, 5.41) is 0. The topological polar surface area (TPSA) is 49.9 Å². The zero-order valence-corrected chi connectivity index (χ0v) is 15.8. The molecule has 2 aromatic rings. The largest absolute Gasteiger partial charge is 0.484 e. The number of nitrogens with zero attached hydrogens (tertiary/aromatic N) is 2. The van der Waals surface area contributed by atoms with Crippen molar-refractivity contribution in [1.29, 1.82) is 0 Å². The van der Waals surface area contributed by atoms with E-state index in [-0.39, 0.29) is 18.4 Å². The highest BCUT2D eigenvalue weighted by atomic mass is 16.5. The van der Waals surface area contributed by atoms with Gasteiger partial charge in [0.1, 0.15) is 5.75 Å².